The van der Waals surface area contributed by atoms with Gasteiger partial charge in [-0.05, 0) is 37.3 Å². The number of hydrogen-bond acceptors (Lipinski definition) is 2. The summed E-state index contributed by atoms with van der Waals surface area (Å²) in [6.45, 7) is 5.28. The quantitative estimate of drug-likeness (QED) is 0.823. The van der Waals surface area contributed by atoms with Gasteiger partial charge in [0.15, 0.2) is 0 Å². The first-order chi connectivity index (χ1) is 8.70. The highest BCUT2D eigenvalue weighted by atomic mass is 16.2. The summed E-state index contributed by atoms with van der Waals surface area (Å²) < 4.78 is 0. The van der Waals surface area contributed by atoms with Crippen LogP contribution < -0.4 is 10.2 Å². The van der Waals surface area contributed by atoms with Gasteiger partial charge in [-0.15, -0.1) is 0 Å². The number of piperidine rings is 1. The second-order valence-electron chi connectivity index (χ2n) is 5.47. The molecule has 2 aliphatic heterocycles. The Hall–Kier alpha value is -1.51. The summed E-state index contributed by atoms with van der Waals surface area (Å²) in [5.74, 6) is 0.873. The van der Waals surface area contributed by atoms with Crippen LogP contribution in [0.3, 0.4) is 0 Å². The number of benzene rings is 1. The smallest absolute Gasteiger partial charge is 0.247 e. The lowest BCUT2D eigenvalue weighted by molar-refractivity contribution is -0.118. The normalized spacial score (nSPS) is 26.3. The van der Waals surface area contributed by atoms with Gasteiger partial charge in [-0.2, -0.15) is 0 Å². The topological polar surface area (TPSA) is 32.3 Å². The average Bonchev–Trinajstić information content (AvgIpc) is 2.40. The maximum atomic E-state index is 12.3. The van der Waals surface area contributed by atoms with Crippen LogP contribution in [0.5, 0.6) is 0 Å². The van der Waals surface area contributed by atoms with Gasteiger partial charge in [0.25, 0.3) is 0 Å². The standard InChI is InChI=1S/C15H20N2O/c1-3-11-7-8-17-12-6-4-5-10(2)14(12)16-15(18)13(17)9-11/h4-6,11,13H,3,7-9H2,1-2H3,(H,16,18). The number of para-hydroxylation sites is 1. The minimum atomic E-state index is 0.0398. The van der Waals surface area contributed by atoms with E-state index in [2.05, 4.69) is 42.3 Å². The first kappa shape index (κ1) is 11.6. The molecule has 1 aromatic rings. The number of nitrogens with one attached hydrogen (secondary N) is 1. The molecule has 3 rings (SSSR count). The first-order valence-corrected chi connectivity index (χ1v) is 6.87. The molecule has 0 aliphatic carbocycles. The van der Waals surface area contributed by atoms with Crippen LogP contribution in [0.1, 0.15) is 31.7 Å². The number of aryl methyl sites for hydroxylation is 1. The summed E-state index contributed by atoms with van der Waals surface area (Å²) in [7, 11) is 0. The fourth-order valence-corrected chi connectivity index (χ4v) is 3.21. The highest BCUT2D eigenvalue weighted by Gasteiger charge is 2.37. The summed E-state index contributed by atoms with van der Waals surface area (Å²) >= 11 is 0. The third kappa shape index (κ3) is 1.69. The van der Waals surface area contributed by atoms with Crippen molar-refractivity contribution in [3.63, 3.8) is 0 Å². The van der Waals surface area contributed by atoms with Gasteiger partial charge in [0.05, 0.1) is 11.4 Å². The Bertz CT molecular complexity index is 483. The molecule has 0 bridgehead atoms. The molecule has 18 heavy (non-hydrogen) atoms. The fourth-order valence-electron chi connectivity index (χ4n) is 3.21. The van der Waals surface area contributed by atoms with Crippen molar-refractivity contribution in [1.29, 1.82) is 0 Å². The van der Waals surface area contributed by atoms with E-state index in [1.165, 1.54) is 18.5 Å². The van der Waals surface area contributed by atoms with E-state index in [0.717, 1.165) is 24.2 Å². The SMILES string of the molecule is CCC1CCN2c3cccc(C)c3NC(=O)C2C1. The zero-order valence-electron chi connectivity index (χ0n) is 11.1. The van der Waals surface area contributed by atoms with E-state index in [4.69, 9.17) is 0 Å². The molecular formula is C15H20N2O. The molecular weight excluding hydrogens is 224 g/mol. The van der Waals surface area contributed by atoms with Crippen LogP contribution in [0.2, 0.25) is 0 Å². The second-order valence-corrected chi connectivity index (χ2v) is 5.47. The molecule has 2 unspecified atom stereocenters. The molecule has 0 radical (unpaired) electrons. The highest BCUT2D eigenvalue weighted by Crippen LogP contribution is 2.39. The van der Waals surface area contributed by atoms with Gasteiger partial charge in [0, 0.05) is 6.54 Å². The lowest BCUT2D eigenvalue weighted by Crippen LogP contribution is -2.52. The average molecular weight is 244 g/mol. The molecule has 3 nitrogen and oxygen atoms in total. The molecule has 2 atom stereocenters. The van der Waals surface area contributed by atoms with Crippen molar-refractivity contribution in [2.45, 2.75) is 39.2 Å². The van der Waals surface area contributed by atoms with Crippen LogP contribution in [-0.2, 0) is 4.79 Å². The summed E-state index contributed by atoms with van der Waals surface area (Å²) in [5.41, 5.74) is 3.36. The first-order valence-electron chi connectivity index (χ1n) is 6.87. The largest absolute Gasteiger partial charge is 0.358 e. The van der Waals surface area contributed by atoms with Gasteiger partial charge in [-0.1, -0.05) is 25.5 Å². The monoisotopic (exact) mass is 244 g/mol. The van der Waals surface area contributed by atoms with E-state index in [9.17, 15) is 4.79 Å². The summed E-state index contributed by atoms with van der Waals surface area (Å²) in [6.07, 6.45) is 3.38. The molecule has 0 aromatic heterocycles. The Morgan fingerprint density at radius 1 is 1.44 bits per heavy atom. The third-order valence-electron chi connectivity index (χ3n) is 4.40. The van der Waals surface area contributed by atoms with E-state index in [-0.39, 0.29) is 11.9 Å². The van der Waals surface area contributed by atoms with Crippen molar-refractivity contribution in [2.75, 3.05) is 16.8 Å². The van der Waals surface area contributed by atoms with E-state index < -0.39 is 0 Å². The summed E-state index contributed by atoms with van der Waals surface area (Å²) in [5, 5.41) is 3.09. The van der Waals surface area contributed by atoms with E-state index in [0.29, 0.717) is 5.92 Å². The van der Waals surface area contributed by atoms with Crippen LogP contribution in [0.15, 0.2) is 18.2 Å². The van der Waals surface area contributed by atoms with Gasteiger partial charge in [-0.3, -0.25) is 4.79 Å². The van der Waals surface area contributed by atoms with Crippen molar-refractivity contribution in [1.82, 2.24) is 0 Å². The zero-order valence-corrected chi connectivity index (χ0v) is 11.1. The molecule has 2 heterocycles. The molecule has 1 saturated heterocycles. The van der Waals surface area contributed by atoms with Crippen molar-refractivity contribution in [3.05, 3.63) is 23.8 Å². The Labute approximate surface area is 108 Å². The maximum Gasteiger partial charge on any atom is 0.247 e. The van der Waals surface area contributed by atoms with Gasteiger partial charge < -0.3 is 10.2 Å². The van der Waals surface area contributed by atoms with Crippen molar-refractivity contribution in [3.8, 4) is 0 Å². The van der Waals surface area contributed by atoms with E-state index in [1.54, 1.807) is 0 Å². The number of carbonyl (C=O) groups excluding carboxylic acids is 1. The summed E-state index contributed by atoms with van der Waals surface area (Å²) in [6, 6.07) is 6.30. The molecule has 96 valence electrons. The molecule has 1 fully saturated rings. The maximum absolute atomic E-state index is 12.3. The van der Waals surface area contributed by atoms with Crippen molar-refractivity contribution >= 4 is 17.3 Å². The Morgan fingerprint density at radius 3 is 3.06 bits per heavy atom. The number of fused-ring (bicyclic) bond motifs is 3. The molecule has 2 aliphatic rings. The number of amides is 1. The molecule has 1 aromatic carbocycles. The summed E-state index contributed by atoms with van der Waals surface area (Å²) in [4.78, 5) is 14.6. The van der Waals surface area contributed by atoms with Crippen molar-refractivity contribution in [2.24, 2.45) is 5.92 Å². The second kappa shape index (κ2) is 4.30. The number of nitrogens with zero attached hydrogens (tertiary/aromatic N) is 1. The van der Waals surface area contributed by atoms with E-state index >= 15 is 0 Å². The molecule has 3 heteroatoms. The highest BCUT2D eigenvalue weighted by molar-refractivity contribution is 6.04. The van der Waals surface area contributed by atoms with Crippen molar-refractivity contribution < 1.29 is 4.79 Å². The van der Waals surface area contributed by atoms with Crippen LogP contribution in [-0.4, -0.2) is 18.5 Å². The fraction of sp³-hybridized carbons (Fsp3) is 0.533. The number of carbonyl (C=O) groups is 1. The molecule has 0 spiro atoms. The minimum Gasteiger partial charge on any atom is -0.358 e. The van der Waals surface area contributed by atoms with Crippen LogP contribution in [0, 0.1) is 12.8 Å². The number of hydrogen-bond donors (Lipinski definition) is 1. The van der Waals surface area contributed by atoms with Crippen LogP contribution >= 0.6 is 0 Å². The number of anilines is 2. The van der Waals surface area contributed by atoms with Gasteiger partial charge in [0.2, 0.25) is 5.91 Å². The Kier molecular flexibility index (Phi) is 2.77. The number of rotatable bonds is 1. The van der Waals surface area contributed by atoms with Gasteiger partial charge >= 0.3 is 0 Å². The zero-order chi connectivity index (χ0) is 12.7. The van der Waals surface area contributed by atoms with Crippen LogP contribution in [0.4, 0.5) is 11.4 Å². The Morgan fingerprint density at radius 2 is 2.28 bits per heavy atom. The molecule has 1 N–H and O–H groups in total. The predicted molar refractivity (Wildman–Crippen MR) is 74.0 cm³/mol. The molecule has 0 saturated carbocycles. The van der Waals surface area contributed by atoms with E-state index in [1.807, 2.05) is 0 Å². The lowest BCUT2D eigenvalue weighted by Gasteiger charge is -2.44. The molecule has 1 amide bonds. The lowest BCUT2D eigenvalue weighted by atomic mass is 9.86. The minimum absolute atomic E-state index is 0.0398. The van der Waals surface area contributed by atoms with Crippen LogP contribution in [0.25, 0.3) is 0 Å². The Balaban J connectivity index is 1.98. The van der Waals surface area contributed by atoms with Gasteiger partial charge in [-0.25, -0.2) is 0 Å². The third-order valence-corrected chi connectivity index (χ3v) is 4.40. The predicted octanol–water partition coefficient (Wildman–Crippen LogP) is 2.94. The van der Waals surface area contributed by atoms with Gasteiger partial charge in [0.1, 0.15) is 6.04 Å².